The molecule has 1 aromatic carbocycles. The number of nitrogens with zero attached hydrogens (tertiary/aromatic N) is 3. The van der Waals surface area contributed by atoms with Gasteiger partial charge < -0.3 is 4.90 Å². The molecule has 3 unspecified atom stereocenters. The number of rotatable bonds is 4. The smallest absolute Gasteiger partial charge is 0.226 e. The molecule has 2 heterocycles. The minimum absolute atomic E-state index is 0.211. The molecule has 3 atom stereocenters. The van der Waals surface area contributed by atoms with E-state index in [1.807, 2.05) is 17.9 Å². The van der Waals surface area contributed by atoms with Gasteiger partial charge in [-0.3, -0.25) is 9.48 Å². The molecule has 2 aromatic rings. The van der Waals surface area contributed by atoms with Gasteiger partial charge in [0.05, 0.1) is 6.20 Å². The number of carbonyl (C=O) groups excluding carboxylic acids is 1. The lowest BCUT2D eigenvalue weighted by Gasteiger charge is -2.17. The first-order valence-corrected chi connectivity index (χ1v) is 8.93. The van der Waals surface area contributed by atoms with Gasteiger partial charge in [-0.15, -0.1) is 0 Å². The minimum Gasteiger partial charge on any atom is -0.342 e. The number of carbonyl (C=O) groups is 1. The van der Waals surface area contributed by atoms with Gasteiger partial charge in [-0.2, -0.15) is 5.10 Å². The highest BCUT2D eigenvalue weighted by Crippen LogP contribution is 2.49. The Labute approximate surface area is 143 Å². The van der Waals surface area contributed by atoms with E-state index in [0.29, 0.717) is 17.7 Å². The van der Waals surface area contributed by atoms with Crippen LogP contribution >= 0.6 is 0 Å². The number of amides is 1. The summed E-state index contributed by atoms with van der Waals surface area (Å²) in [7, 11) is 1.95. The summed E-state index contributed by atoms with van der Waals surface area (Å²) in [4.78, 5) is 14.9. The van der Waals surface area contributed by atoms with E-state index in [1.54, 1.807) is 0 Å². The molecular formula is C20H25N3O. The van der Waals surface area contributed by atoms with Crippen molar-refractivity contribution in [3.63, 3.8) is 0 Å². The van der Waals surface area contributed by atoms with Gasteiger partial charge in [-0.05, 0) is 54.7 Å². The molecule has 1 saturated heterocycles. The molecule has 0 radical (unpaired) electrons. The molecule has 126 valence electrons. The number of hydrogen-bond acceptors (Lipinski definition) is 2. The predicted octanol–water partition coefficient (Wildman–Crippen LogP) is 2.92. The fourth-order valence-corrected chi connectivity index (χ4v) is 4.16. The van der Waals surface area contributed by atoms with Crippen LogP contribution in [0.3, 0.4) is 0 Å². The molecule has 24 heavy (non-hydrogen) atoms. The first-order valence-electron chi connectivity index (χ1n) is 8.93. The summed E-state index contributed by atoms with van der Waals surface area (Å²) in [5, 5.41) is 4.24. The van der Waals surface area contributed by atoms with Crippen molar-refractivity contribution in [2.45, 2.75) is 32.1 Å². The van der Waals surface area contributed by atoms with Crippen molar-refractivity contribution in [1.29, 1.82) is 0 Å². The van der Waals surface area contributed by atoms with Crippen molar-refractivity contribution in [3.05, 3.63) is 53.3 Å². The van der Waals surface area contributed by atoms with E-state index in [1.165, 1.54) is 16.7 Å². The topological polar surface area (TPSA) is 38.1 Å². The third-order valence-electron chi connectivity index (χ3n) is 5.58. The summed E-state index contributed by atoms with van der Waals surface area (Å²) in [5.41, 5.74) is 3.96. The third-order valence-corrected chi connectivity index (χ3v) is 5.58. The molecule has 1 saturated carbocycles. The number of hydrogen-bond donors (Lipinski definition) is 0. The number of aryl methyl sites for hydroxylation is 2. The van der Waals surface area contributed by atoms with Crippen LogP contribution < -0.4 is 0 Å². The quantitative estimate of drug-likeness (QED) is 0.868. The van der Waals surface area contributed by atoms with Gasteiger partial charge in [0.15, 0.2) is 0 Å². The van der Waals surface area contributed by atoms with E-state index >= 15 is 0 Å². The monoisotopic (exact) mass is 323 g/mol. The molecule has 0 bridgehead atoms. The van der Waals surface area contributed by atoms with E-state index in [-0.39, 0.29) is 5.92 Å². The Hall–Kier alpha value is -2.10. The lowest BCUT2D eigenvalue weighted by atomic mass is 10.0. The molecule has 4 heteroatoms. The molecule has 1 aliphatic carbocycles. The van der Waals surface area contributed by atoms with Crippen LogP contribution in [-0.4, -0.2) is 33.7 Å². The average Bonchev–Trinajstić information content (AvgIpc) is 3.04. The van der Waals surface area contributed by atoms with Crippen molar-refractivity contribution < 1.29 is 4.79 Å². The molecule has 0 N–H and O–H groups in total. The first-order chi connectivity index (χ1) is 11.6. The maximum atomic E-state index is 12.8. The lowest BCUT2D eigenvalue weighted by molar-refractivity contribution is -0.131. The summed E-state index contributed by atoms with van der Waals surface area (Å²) in [6, 6.07) is 8.49. The Bertz CT molecular complexity index is 751. The summed E-state index contributed by atoms with van der Waals surface area (Å²) < 4.78 is 1.85. The fourth-order valence-electron chi connectivity index (χ4n) is 4.16. The van der Waals surface area contributed by atoms with E-state index < -0.39 is 0 Å². The summed E-state index contributed by atoms with van der Waals surface area (Å²) >= 11 is 0. The van der Waals surface area contributed by atoms with Crippen LogP contribution in [-0.2, 0) is 18.3 Å². The highest BCUT2D eigenvalue weighted by atomic mass is 16.2. The van der Waals surface area contributed by atoms with Gasteiger partial charge in [-0.1, -0.05) is 24.3 Å². The molecule has 2 aliphatic rings. The van der Waals surface area contributed by atoms with Gasteiger partial charge in [0.2, 0.25) is 5.91 Å². The van der Waals surface area contributed by atoms with Crippen LogP contribution in [0.5, 0.6) is 0 Å². The molecular weight excluding hydrogens is 298 g/mol. The standard InChI is InChI=1S/C20H25N3O/c1-14-5-3-4-6-17(14)18-10-19(18)20(24)23-8-7-15(13-23)9-16-11-21-22(2)12-16/h3-6,11-12,15,18-19H,7-10,13H2,1-2H3. The van der Waals surface area contributed by atoms with Gasteiger partial charge in [0.25, 0.3) is 0 Å². The van der Waals surface area contributed by atoms with Crippen LogP contribution in [0.1, 0.15) is 35.4 Å². The second kappa shape index (κ2) is 6.08. The zero-order chi connectivity index (χ0) is 16.7. The Kier molecular flexibility index (Phi) is 3.91. The van der Waals surface area contributed by atoms with Crippen molar-refractivity contribution >= 4 is 5.91 Å². The fraction of sp³-hybridized carbons (Fsp3) is 0.500. The molecule has 4 rings (SSSR count). The molecule has 1 aromatic heterocycles. The lowest BCUT2D eigenvalue weighted by Crippen LogP contribution is -2.30. The van der Waals surface area contributed by atoms with Crippen LogP contribution in [0, 0.1) is 18.8 Å². The largest absolute Gasteiger partial charge is 0.342 e. The zero-order valence-electron chi connectivity index (χ0n) is 14.5. The Balaban J connectivity index is 1.34. The van der Waals surface area contributed by atoms with Gasteiger partial charge >= 0.3 is 0 Å². The molecule has 0 spiro atoms. The van der Waals surface area contributed by atoms with Crippen LogP contribution in [0.2, 0.25) is 0 Å². The third kappa shape index (κ3) is 2.97. The van der Waals surface area contributed by atoms with E-state index in [9.17, 15) is 4.79 Å². The molecule has 1 aliphatic heterocycles. The summed E-state index contributed by atoms with van der Waals surface area (Å²) in [6.45, 7) is 3.97. The SMILES string of the molecule is Cc1ccccc1C1CC1C(=O)N1CCC(Cc2cnn(C)c2)C1. The first kappa shape index (κ1) is 15.4. The predicted molar refractivity (Wildman–Crippen MR) is 93.6 cm³/mol. The summed E-state index contributed by atoms with van der Waals surface area (Å²) in [6.07, 6.45) is 7.19. The van der Waals surface area contributed by atoms with Gasteiger partial charge in [-0.25, -0.2) is 0 Å². The Morgan fingerprint density at radius 2 is 2.17 bits per heavy atom. The van der Waals surface area contributed by atoms with Crippen LogP contribution in [0.15, 0.2) is 36.7 Å². The normalized spacial score (nSPS) is 25.9. The van der Waals surface area contributed by atoms with Crippen molar-refractivity contribution in [2.75, 3.05) is 13.1 Å². The second-order valence-electron chi connectivity index (χ2n) is 7.47. The zero-order valence-corrected chi connectivity index (χ0v) is 14.5. The average molecular weight is 323 g/mol. The van der Waals surface area contributed by atoms with Crippen LogP contribution in [0.25, 0.3) is 0 Å². The van der Waals surface area contributed by atoms with Crippen molar-refractivity contribution in [2.24, 2.45) is 18.9 Å². The van der Waals surface area contributed by atoms with E-state index in [2.05, 4.69) is 47.4 Å². The minimum atomic E-state index is 0.211. The van der Waals surface area contributed by atoms with Crippen molar-refractivity contribution in [3.8, 4) is 0 Å². The Morgan fingerprint density at radius 3 is 2.92 bits per heavy atom. The number of aromatic nitrogens is 2. The number of likely N-dealkylation sites (tertiary alicyclic amines) is 1. The maximum absolute atomic E-state index is 12.8. The van der Waals surface area contributed by atoms with Gasteiger partial charge in [0, 0.05) is 32.3 Å². The molecule has 1 amide bonds. The highest BCUT2D eigenvalue weighted by Gasteiger charge is 2.47. The van der Waals surface area contributed by atoms with E-state index in [4.69, 9.17) is 0 Å². The van der Waals surface area contributed by atoms with E-state index in [0.717, 1.165) is 32.4 Å². The molecule has 2 fully saturated rings. The second-order valence-corrected chi connectivity index (χ2v) is 7.47. The van der Waals surface area contributed by atoms with Crippen molar-refractivity contribution in [1.82, 2.24) is 14.7 Å². The molecule has 4 nitrogen and oxygen atoms in total. The highest BCUT2D eigenvalue weighted by molar-refractivity contribution is 5.83. The Morgan fingerprint density at radius 1 is 1.33 bits per heavy atom. The maximum Gasteiger partial charge on any atom is 0.226 e. The van der Waals surface area contributed by atoms with Crippen LogP contribution in [0.4, 0.5) is 0 Å². The summed E-state index contributed by atoms with van der Waals surface area (Å²) in [5.74, 6) is 1.60. The van der Waals surface area contributed by atoms with Gasteiger partial charge in [0.1, 0.15) is 0 Å². The number of benzene rings is 1.